The number of ether oxygens (including phenoxy) is 2. The summed E-state index contributed by atoms with van der Waals surface area (Å²) in [6, 6.07) is 0. The molecule has 0 aromatic carbocycles. The van der Waals surface area contributed by atoms with E-state index in [-0.39, 0.29) is 32.0 Å². The molecule has 0 bridgehead atoms. The van der Waals surface area contributed by atoms with E-state index < -0.39 is 26.5 Å². The molecule has 390 valence electrons. The highest BCUT2D eigenvalue weighted by atomic mass is 31.2. The fourth-order valence-corrected chi connectivity index (χ4v) is 8.79. The zero-order valence-corrected chi connectivity index (χ0v) is 45.1. The molecule has 0 heterocycles. The van der Waals surface area contributed by atoms with Crippen LogP contribution >= 0.6 is 7.82 Å². The van der Waals surface area contributed by atoms with Crippen molar-refractivity contribution in [3.63, 3.8) is 0 Å². The molecule has 9 nitrogen and oxygen atoms in total. The molecule has 0 fully saturated rings. The number of hydrogen-bond donors (Lipinski definition) is 0. The van der Waals surface area contributed by atoms with Gasteiger partial charge in [-0.2, -0.15) is 0 Å². The quantitative estimate of drug-likeness (QED) is 0.0195. The predicted molar refractivity (Wildman–Crippen MR) is 278 cm³/mol. The second kappa shape index (κ2) is 48.5. The van der Waals surface area contributed by atoms with Gasteiger partial charge in [-0.1, -0.05) is 218 Å². The van der Waals surface area contributed by atoms with Crippen molar-refractivity contribution in [1.29, 1.82) is 0 Å². The van der Waals surface area contributed by atoms with E-state index in [0.717, 1.165) is 38.5 Å². The Labute approximate surface area is 409 Å². The summed E-state index contributed by atoms with van der Waals surface area (Å²) in [6.07, 6.45) is 56.4. The summed E-state index contributed by atoms with van der Waals surface area (Å²) in [4.78, 5) is 37.8. The molecule has 66 heavy (non-hydrogen) atoms. The second-order valence-electron chi connectivity index (χ2n) is 20.3. The molecule has 0 amide bonds. The van der Waals surface area contributed by atoms with Crippen LogP contribution < -0.4 is 4.89 Å². The number of likely N-dealkylation sites (N-methyl/N-ethyl adjacent to an activating group) is 1. The number of quaternary nitrogens is 1. The van der Waals surface area contributed by atoms with Crippen LogP contribution in [0.4, 0.5) is 0 Å². The number of rotatable bonds is 52. The number of esters is 2. The highest BCUT2D eigenvalue weighted by Crippen LogP contribution is 2.38. The van der Waals surface area contributed by atoms with Crippen molar-refractivity contribution in [2.24, 2.45) is 0 Å². The molecule has 2 atom stereocenters. The van der Waals surface area contributed by atoms with Crippen LogP contribution in [0.25, 0.3) is 0 Å². The number of allylic oxidation sites excluding steroid dienone is 4. The summed E-state index contributed by atoms with van der Waals surface area (Å²) in [5, 5.41) is 0. The summed E-state index contributed by atoms with van der Waals surface area (Å²) < 4.78 is 34.1. The van der Waals surface area contributed by atoms with Gasteiger partial charge in [0.15, 0.2) is 6.10 Å². The first-order valence-electron chi connectivity index (χ1n) is 28.0. The minimum atomic E-state index is -4.63. The Hall–Kier alpha value is -1.51. The monoisotopic (exact) mass is 954 g/mol. The fourth-order valence-electron chi connectivity index (χ4n) is 8.06. The van der Waals surface area contributed by atoms with Gasteiger partial charge in [-0.25, -0.2) is 0 Å². The van der Waals surface area contributed by atoms with E-state index >= 15 is 0 Å². The van der Waals surface area contributed by atoms with Crippen LogP contribution in [0.5, 0.6) is 0 Å². The van der Waals surface area contributed by atoms with Crippen LogP contribution in [-0.4, -0.2) is 70.0 Å². The number of unbranched alkanes of at least 4 members (excludes halogenated alkanes) is 34. The largest absolute Gasteiger partial charge is 0.756 e. The topological polar surface area (TPSA) is 111 Å². The highest BCUT2D eigenvalue weighted by Gasteiger charge is 2.22. The Morgan fingerprint density at radius 2 is 0.773 bits per heavy atom. The third-order valence-electron chi connectivity index (χ3n) is 12.4. The highest BCUT2D eigenvalue weighted by molar-refractivity contribution is 7.45. The maximum Gasteiger partial charge on any atom is 0.306 e. The van der Waals surface area contributed by atoms with E-state index in [1.54, 1.807) is 0 Å². The van der Waals surface area contributed by atoms with E-state index in [4.69, 9.17) is 18.5 Å². The molecule has 0 spiro atoms. The lowest BCUT2D eigenvalue weighted by Crippen LogP contribution is -2.37. The lowest BCUT2D eigenvalue weighted by atomic mass is 10.0. The van der Waals surface area contributed by atoms with Crippen molar-refractivity contribution in [2.45, 2.75) is 277 Å². The molecule has 0 saturated carbocycles. The predicted octanol–water partition coefficient (Wildman–Crippen LogP) is 16.4. The molecule has 0 saturated heterocycles. The SMILES string of the molecule is CCCCCCCC/C=C\CCCCCCCCCCCCCC(=O)OC[C@H](COP(=O)([O-])OCC[N+](C)(C)C)OC(=O)CCCCCCCCCCCCC/C=C\CCCCCCCC. The average molecular weight is 954 g/mol. The molecule has 0 aromatic heterocycles. The third kappa shape index (κ3) is 51.9. The van der Waals surface area contributed by atoms with Gasteiger partial charge >= 0.3 is 11.9 Å². The number of nitrogens with zero attached hydrogens (tertiary/aromatic N) is 1. The van der Waals surface area contributed by atoms with Crippen molar-refractivity contribution < 1.29 is 42.1 Å². The number of phosphoric acid groups is 1. The van der Waals surface area contributed by atoms with Gasteiger partial charge in [0.05, 0.1) is 27.7 Å². The summed E-state index contributed by atoms with van der Waals surface area (Å²) in [6.45, 7) is 4.27. The van der Waals surface area contributed by atoms with Gasteiger partial charge in [0, 0.05) is 12.8 Å². The Morgan fingerprint density at radius 1 is 0.455 bits per heavy atom. The van der Waals surface area contributed by atoms with Crippen molar-refractivity contribution in [3.8, 4) is 0 Å². The van der Waals surface area contributed by atoms with Gasteiger partial charge in [-0.15, -0.1) is 0 Å². The molecular formula is C56H108NO8P. The molecule has 1 unspecified atom stereocenters. The van der Waals surface area contributed by atoms with Crippen molar-refractivity contribution >= 4 is 19.8 Å². The average Bonchev–Trinajstić information content (AvgIpc) is 3.27. The first-order chi connectivity index (χ1) is 32.0. The van der Waals surface area contributed by atoms with Crippen LogP contribution in [-0.2, 0) is 32.7 Å². The van der Waals surface area contributed by atoms with Crippen LogP contribution in [0.15, 0.2) is 24.3 Å². The number of phosphoric ester groups is 1. The first kappa shape index (κ1) is 64.5. The van der Waals surface area contributed by atoms with Crippen LogP contribution in [0.3, 0.4) is 0 Å². The van der Waals surface area contributed by atoms with Crippen LogP contribution in [0.1, 0.15) is 271 Å². The van der Waals surface area contributed by atoms with Gasteiger partial charge in [0.2, 0.25) is 0 Å². The third-order valence-corrected chi connectivity index (χ3v) is 13.4. The molecule has 0 aliphatic carbocycles. The molecule has 0 aromatic rings. The van der Waals surface area contributed by atoms with Crippen LogP contribution in [0, 0.1) is 0 Å². The van der Waals surface area contributed by atoms with Crippen molar-refractivity contribution in [2.75, 3.05) is 47.5 Å². The maximum atomic E-state index is 12.8. The van der Waals surface area contributed by atoms with Gasteiger partial charge < -0.3 is 27.9 Å². The molecule has 0 rings (SSSR count). The Kier molecular flexibility index (Phi) is 47.4. The first-order valence-corrected chi connectivity index (χ1v) is 29.5. The molecule has 0 radical (unpaired) electrons. The minimum absolute atomic E-state index is 0.0289. The Balaban J connectivity index is 4.17. The van der Waals surface area contributed by atoms with Gasteiger partial charge in [0.1, 0.15) is 19.8 Å². The number of carbonyl (C=O) groups excluding carboxylic acids is 2. The molecule has 0 aliphatic heterocycles. The summed E-state index contributed by atoms with van der Waals surface area (Å²) in [7, 11) is 1.18. The molecule has 0 aliphatic rings. The van der Waals surface area contributed by atoms with Gasteiger partial charge in [-0.05, 0) is 64.2 Å². The molecule has 10 heteroatoms. The zero-order chi connectivity index (χ0) is 48.5. The smallest absolute Gasteiger partial charge is 0.306 e. The maximum absolute atomic E-state index is 12.8. The van der Waals surface area contributed by atoms with Gasteiger partial charge in [-0.3, -0.25) is 14.2 Å². The van der Waals surface area contributed by atoms with E-state index in [1.165, 1.54) is 199 Å². The zero-order valence-electron chi connectivity index (χ0n) is 44.2. The molecule has 0 N–H and O–H groups in total. The molecular weight excluding hydrogens is 846 g/mol. The van der Waals surface area contributed by atoms with Gasteiger partial charge in [0.25, 0.3) is 7.82 Å². The summed E-state index contributed by atoms with van der Waals surface area (Å²) >= 11 is 0. The minimum Gasteiger partial charge on any atom is -0.756 e. The fraction of sp³-hybridized carbons (Fsp3) is 0.893. The standard InChI is InChI=1S/C56H108NO8P/c1-6-8-10-12-14-16-18-20-22-24-26-28-30-32-34-36-38-40-42-44-46-48-55(58)62-52-54(53-64-66(60,61)63-51-50-57(3,4)5)65-56(59)49-47-45-43-41-39-37-35-33-31-29-27-25-23-21-19-17-15-13-11-9-7-2/h20-23,54H,6-19,24-53H2,1-5H3/b22-20-,23-21-/t54-/m1/s1. The lowest BCUT2D eigenvalue weighted by molar-refractivity contribution is -0.870. The van der Waals surface area contributed by atoms with E-state index in [9.17, 15) is 19.0 Å². The number of hydrogen-bond acceptors (Lipinski definition) is 8. The van der Waals surface area contributed by atoms with Crippen molar-refractivity contribution in [1.82, 2.24) is 0 Å². The van der Waals surface area contributed by atoms with Crippen molar-refractivity contribution in [3.05, 3.63) is 24.3 Å². The Bertz CT molecular complexity index is 1170. The van der Waals surface area contributed by atoms with E-state index in [0.29, 0.717) is 17.4 Å². The normalized spacial score (nSPS) is 13.5. The van der Waals surface area contributed by atoms with E-state index in [2.05, 4.69) is 38.2 Å². The Morgan fingerprint density at radius 3 is 1.12 bits per heavy atom. The lowest BCUT2D eigenvalue weighted by Gasteiger charge is -2.28. The van der Waals surface area contributed by atoms with E-state index in [1.807, 2.05) is 21.1 Å². The van der Waals surface area contributed by atoms with Crippen LogP contribution in [0.2, 0.25) is 0 Å². The number of carbonyl (C=O) groups is 2. The summed E-state index contributed by atoms with van der Waals surface area (Å²) in [5.74, 6) is -0.822. The summed E-state index contributed by atoms with van der Waals surface area (Å²) in [5.41, 5.74) is 0. The second-order valence-corrected chi connectivity index (χ2v) is 21.7.